The number of phosphoric ester groups is 1. The number of amides is 1. The number of phosphoric acid groups is 1. The van der Waals surface area contributed by atoms with Gasteiger partial charge in [0, 0.05) is 6.42 Å². The molecule has 0 saturated heterocycles. The molecule has 0 bridgehead atoms. The van der Waals surface area contributed by atoms with Crippen LogP contribution < -0.4 is 10.2 Å². The van der Waals surface area contributed by atoms with Crippen LogP contribution in [0.4, 0.5) is 0 Å². The highest BCUT2D eigenvalue weighted by molar-refractivity contribution is 7.45. The van der Waals surface area contributed by atoms with E-state index in [1.54, 1.807) is 0 Å². The van der Waals surface area contributed by atoms with Crippen LogP contribution in [0, 0.1) is 0 Å². The molecule has 9 heteroatoms. The van der Waals surface area contributed by atoms with Gasteiger partial charge in [-0.1, -0.05) is 254 Å². The number of allylic oxidation sites excluding steroid dienone is 10. The third-order valence-corrected chi connectivity index (χ3v) is 13.7. The Bertz CT molecular complexity index is 1290. The van der Waals surface area contributed by atoms with Crippen LogP contribution >= 0.6 is 7.82 Å². The molecule has 0 rings (SSSR count). The first-order chi connectivity index (χ1) is 33.0. The van der Waals surface area contributed by atoms with Gasteiger partial charge in [-0.05, 0) is 57.8 Å². The smallest absolute Gasteiger partial charge is 0.268 e. The predicted octanol–water partition coefficient (Wildman–Crippen LogP) is 16.7. The highest BCUT2D eigenvalue weighted by Gasteiger charge is 2.24. The van der Waals surface area contributed by atoms with Crippen LogP contribution in [0.3, 0.4) is 0 Å². The fraction of sp³-hybridized carbons (Fsp3) is 0.814. The van der Waals surface area contributed by atoms with Crippen LogP contribution in [0.25, 0.3) is 0 Å². The Labute approximate surface area is 422 Å². The van der Waals surface area contributed by atoms with E-state index < -0.39 is 20.0 Å². The number of nitrogens with zero attached hydrogens (tertiary/aromatic N) is 1. The molecule has 0 saturated carbocycles. The first-order valence-corrected chi connectivity index (χ1v) is 30.1. The van der Waals surface area contributed by atoms with Gasteiger partial charge < -0.3 is 28.8 Å². The average Bonchev–Trinajstić information content (AvgIpc) is 3.30. The molecule has 398 valence electrons. The molecule has 0 radical (unpaired) electrons. The monoisotopic (exact) mass is 975 g/mol. The maximum atomic E-state index is 13.0. The van der Waals surface area contributed by atoms with Gasteiger partial charge in [-0.15, -0.1) is 0 Å². The SMILES string of the molecule is CC/C=C\C/C=C\C/C=C\C/C=C\C/C=C\CCCCCCCCCC(=O)NC(COP(=O)([O-])OCC[N+](C)(C)C)C(O)CCCCCCCCCCCCCCCCCCCCCCCCC. The first-order valence-electron chi connectivity index (χ1n) is 28.6. The molecule has 0 aliphatic carbocycles. The summed E-state index contributed by atoms with van der Waals surface area (Å²) in [7, 11) is 1.29. The molecular formula is C59H111N2O6P. The van der Waals surface area contributed by atoms with Crippen molar-refractivity contribution in [3.8, 4) is 0 Å². The van der Waals surface area contributed by atoms with Crippen LogP contribution in [0.2, 0.25) is 0 Å². The van der Waals surface area contributed by atoms with Gasteiger partial charge in [-0.3, -0.25) is 9.36 Å². The van der Waals surface area contributed by atoms with Crippen LogP contribution in [-0.4, -0.2) is 68.5 Å². The fourth-order valence-electron chi connectivity index (χ4n) is 8.30. The van der Waals surface area contributed by atoms with Crippen LogP contribution in [0.1, 0.15) is 258 Å². The Hall–Kier alpha value is -1.80. The second-order valence-corrected chi connectivity index (χ2v) is 22.0. The van der Waals surface area contributed by atoms with Crippen molar-refractivity contribution in [2.45, 2.75) is 270 Å². The highest BCUT2D eigenvalue weighted by atomic mass is 31.2. The van der Waals surface area contributed by atoms with E-state index in [9.17, 15) is 19.4 Å². The minimum atomic E-state index is -4.58. The van der Waals surface area contributed by atoms with E-state index in [0.717, 1.165) is 83.5 Å². The number of likely N-dealkylation sites (N-methyl/N-ethyl adjacent to an activating group) is 1. The van der Waals surface area contributed by atoms with E-state index in [-0.39, 0.29) is 19.1 Å². The molecular weight excluding hydrogens is 864 g/mol. The summed E-state index contributed by atoms with van der Waals surface area (Å²) < 4.78 is 23.4. The molecule has 0 aliphatic rings. The number of aliphatic hydroxyl groups is 1. The van der Waals surface area contributed by atoms with Crippen molar-refractivity contribution in [1.82, 2.24) is 5.32 Å². The van der Waals surface area contributed by atoms with Crippen molar-refractivity contribution in [2.75, 3.05) is 40.9 Å². The highest BCUT2D eigenvalue weighted by Crippen LogP contribution is 2.38. The molecule has 8 nitrogen and oxygen atoms in total. The van der Waals surface area contributed by atoms with E-state index in [1.165, 1.54) is 148 Å². The van der Waals surface area contributed by atoms with Gasteiger partial charge >= 0.3 is 0 Å². The number of rotatable bonds is 52. The standard InChI is InChI=1S/C59H111N2O6P/c1-6-8-10-12-14-16-18-20-22-24-26-28-30-32-34-36-38-40-42-44-46-48-50-52-58(62)57(56-67-68(64,65)66-55-54-61(3,4)5)60-59(63)53-51-49-47-45-43-41-39-37-35-33-31-29-27-25-23-21-19-17-15-13-11-9-7-2/h9,11,15,17,21,23,27,29,33,35,57-58,62H,6-8,10,12-14,16,18-20,22,24-26,28,30-32,34,36-56H2,1-5H3,(H-,60,63,64,65)/b11-9-,17-15-,23-21-,29-27-,35-33-. The summed E-state index contributed by atoms with van der Waals surface area (Å²) in [4.78, 5) is 25.5. The molecule has 0 spiro atoms. The van der Waals surface area contributed by atoms with Crippen LogP contribution in [0.15, 0.2) is 60.8 Å². The number of unbranched alkanes of at least 4 members (excludes halogenated alkanes) is 29. The molecule has 2 N–H and O–H groups in total. The third-order valence-electron chi connectivity index (χ3n) is 12.8. The molecule has 0 aromatic heterocycles. The quantitative estimate of drug-likeness (QED) is 0.0272. The first kappa shape index (κ1) is 66.2. The van der Waals surface area contributed by atoms with Crippen molar-refractivity contribution < 1.29 is 32.9 Å². The second-order valence-electron chi connectivity index (χ2n) is 20.6. The molecule has 0 aromatic carbocycles. The molecule has 1 amide bonds. The molecule has 0 fully saturated rings. The topological polar surface area (TPSA) is 108 Å². The van der Waals surface area contributed by atoms with Crippen LogP contribution in [-0.2, 0) is 18.4 Å². The summed E-state index contributed by atoms with van der Waals surface area (Å²) >= 11 is 0. The summed E-state index contributed by atoms with van der Waals surface area (Å²) in [6.45, 7) is 4.62. The van der Waals surface area contributed by atoms with Crippen molar-refractivity contribution in [3.63, 3.8) is 0 Å². The Kier molecular flexibility index (Phi) is 48.8. The minimum Gasteiger partial charge on any atom is -0.756 e. The number of carbonyl (C=O) groups is 1. The van der Waals surface area contributed by atoms with Gasteiger partial charge in [0.15, 0.2) is 0 Å². The third kappa shape index (κ3) is 52.0. The van der Waals surface area contributed by atoms with Crippen LogP contribution in [0.5, 0.6) is 0 Å². The number of carbonyl (C=O) groups excluding carboxylic acids is 1. The van der Waals surface area contributed by atoms with Crippen molar-refractivity contribution in [1.29, 1.82) is 0 Å². The number of hydrogen-bond donors (Lipinski definition) is 2. The number of nitrogens with one attached hydrogen (secondary N) is 1. The van der Waals surface area contributed by atoms with Gasteiger partial charge in [0.2, 0.25) is 5.91 Å². The van der Waals surface area contributed by atoms with E-state index in [1.807, 2.05) is 21.1 Å². The lowest BCUT2D eigenvalue weighted by Crippen LogP contribution is -2.46. The summed E-state index contributed by atoms with van der Waals surface area (Å²) in [6, 6.07) is -0.811. The van der Waals surface area contributed by atoms with E-state index in [2.05, 4.69) is 79.9 Å². The Morgan fingerprint density at radius 1 is 0.529 bits per heavy atom. The minimum absolute atomic E-state index is 0.00761. The number of quaternary nitrogens is 1. The number of aliphatic hydroxyl groups excluding tert-OH is 1. The molecule has 3 atom stereocenters. The zero-order valence-electron chi connectivity index (χ0n) is 45.3. The summed E-state index contributed by atoms with van der Waals surface area (Å²) in [6.07, 6.45) is 66.7. The van der Waals surface area contributed by atoms with Gasteiger partial charge in [0.1, 0.15) is 13.2 Å². The van der Waals surface area contributed by atoms with Crippen molar-refractivity contribution in [3.05, 3.63) is 60.8 Å². The fourth-order valence-corrected chi connectivity index (χ4v) is 9.03. The Balaban J connectivity index is 4.22. The maximum Gasteiger partial charge on any atom is 0.268 e. The second kappa shape index (κ2) is 50.2. The molecule has 0 heterocycles. The summed E-state index contributed by atoms with van der Waals surface area (Å²) in [5, 5.41) is 14.0. The lowest BCUT2D eigenvalue weighted by atomic mass is 10.0. The van der Waals surface area contributed by atoms with Gasteiger partial charge in [-0.2, -0.15) is 0 Å². The maximum absolute atomic E-state index is 13.0. The lowest BCUT2D eigenvalue weighted by Gasteiger charge is -2.30. The molecule has 68 heavy (non-hydrogen) atoms. The van der Waals surface area contributed by atoms with E-state index >= 15 is 0 Å². The Morgan fingerprint density at radius 2 is 0.897 bits per heavy atom. The lowest BCUT2D eigenvalue weighted by molar-refractivity contribution is -0.870. The largest absolute Gasteiger partial charge is 0.756 e. The number of hydrogen-bond acceptors (Lipinski definition) is 6. The summed E-state index contributed by atoms with van der Waals surface area (Å²) in [5.74, 6) is -0.175. The Morgan fingerprint density at radius 3 is 1.31 bits per heavy atom. The van der Waals surface area contributed by atoms with E-state index in [4.69, 9.17) is 9.05 Å². The van der Waals surface area contributed by atoms with Crippen molar-refractivity contribution >= 4 is 13.7 Å². The molecule has 0 aliphatic heterocycles. The average molecular weight is 976 g/mol. The van der Waals surface area contributed by atoms with Crippen molar-refractivity contribution in [2.24, 2.45) is 0 Å². The summed E-state index contributed by atoms with van der Waals surface area (Å²) in [5.41, 5.74) is 0. The zero-order chi connectivity index (χ0) is 49.9. The van der Waals surface area contributed by atoms with Gasteiger partial charge in [-0.25, -0.2) is 0 Å². The van der Waals surface area contributed by atoms with E-state index in [0.29, 0.717) is 23.9 Å². The van der Waals surface area contributed by atoms with Gasteiger partial charge in [0.05, 0.1) is 39.9 Å². The predicted molar refractivity (Wildman–Crippen MR) is 293 cm³/mol. The molecule has 3 unspecified atom stereocenters. The zero-order valence-corrected chi connectivity index (χ0v) is 46.2. The van der Waals surface area contributed by atoms with Gasteiger partial charge in [0.25, 0.3) is 7.82 Å². The normalized spacial score (nSPS) is 14.4. The molecule has 0 aromatic rings.